The number of Topliss-reactive ketones (excluding diaryl/α,β-unsaturated/α-hetero) is 1. The van der Waals surface area contributed by atoms with Crippen LogP contribution in [0.3, 0.4) is 0 Å². The molecule has 6 rings (SSSR count). The molecule has 2 aromatic rings. The molecule has 0 aromatic heterocycles. The van der Waals surface area contributed by atoms with Gasteiger partial charge in [-0.1, -0.05) is 36.4 Å². The van der Waals surface area contributed by atoms with Crippen LogP contribution < -0.4 is 10.6 Å². The zero-order valence-electron chi connectivity index (χ0n) is 13.4. The van der Waals surface area contributed by atoms with Crippen molar-refractivity contribution < 1.29 is 14.4 Å². The molecule has 1 heterocycles. The second-order valence-corrected chi connectivity index (χ2v) is 7.01. The number of benzene rings is 2. The van der Waals surface area contributed by atoms with Gasteiger partial charge in [-0.25, -0.2) is 4.90 Å². The first-order chi connectivity index (χ1) is 12.1. The van der Waals surface area contributed by atoms with Crippen LogP contribution >= 0.6 is 0 Å². The van der Waals surface area contributed by atoms with Crippen LogP contribution in [0.2, 0.25) is 0 Å². The van der Waals surface area contributed by atoms with Crippen molar-refractivity contribution in [1.29, 1.82) is 0 Å². The van der Waals surface area contributed by atoms with Crippen LogP contribution in [-0.2, 0) is 14.4 Å². The Balaban J connectivity index is 1.68. The molecule has 1 saturated carbocycles. The summed E-state index contributed by atoms with van der Waals surface area (Å²) in [5.41, 5.74) is 8.76. The lowest BCUT2D eigenvalue weighted by Gasteiger charge is -2.43. The average molecular weight is 332 g/mol. The zero-order valence-corrected chi connectivity index (χ0v) is 13.4. The lowest BCUT2D eigenvalue weighted by atomic mass is 9.56. The SMILES string of the molecule is Nc1ccccc1N1C(=O)[C@@H]2[C@H](C1=O)[C@H]1CC(=O)[C@H]2c2ccccc21. The number of hydrogen-bond acceptors (Lipinski definition) is 4. The van der Waals surface area contributed by atoms with Crippen molar-refractivity contribution in [2.45, 2.75) is 18.3 Å². The monoisotopic (exact) mass is 332 g/mol. The number of nitrogen functional groups attached to an aromatic ring is 1. The highest BCUT2D eigenvalue weighted by molar-refractivity contribution is 6.25. The van der Waals surface area contributed by atoms with Crippen LogP contribution in [-0.4, -0.2) is 17.6 Å². The maximum Gasteiger partial charge on any atom is 0.238 e. The fraction of sp³-hybridized carbons (Fsp3) is 0.250. The van der Waals surface area contributed by atoms with E-state index < -0.39 is 17.8 Å². The molecular weight excluding hydrogens is 316 g/mol. The van der Waals surface area contributed by atoms with E-state index in [9.17, 15) is 14.4 Å². The van der Waals surface area contributed by atoms with E-state index in [0.717, 1.165) is 11.1 Å². The molecule has 0 radical (unpaired) electrons. The van der Waals surface area contributed by atoms with Crippen LogP contribution in [0, 0.1) is 11.8 Å². The fourth-order valence-corrected chi connectivity index (χ4v) is 4.89. The van der Waals surface area contributed by atoms with Crippen molar-refractivity contribution in [2.75, 3.05) is 10.6 Å². The Labute approximate surface area is 144 Å². The molecule has 0 spiro atoms. The maximum absolute atomic E-state index is 13.1. The van der Waals surface area contributed by atoms with Crippen LogP contribution in [0.1, 0.15) is 29.4 Å². The van der Waals surface area contributed by atoms with Gasteiger partial charge in [0.15, 0.2) is 0 Å². The summed E-state index contributed by atoms with van der Waals surface area (Å²) in [7, 11) is 0. The normalized spacial score (nSPS) is 29.8. The third-order valence-corrected chi connectivity index (χ3v) is 5.87. The van der Waals surface area contributed by atoms with Gasteiger partial charge in [0.25, 0.3) is 0 Å². The number of amides is 2. The lowest BCUT2D eigenvalue weighted by molar-refractivity contribution is -0.134. The average Bonchev–Trinajstić information content (AvgIpc) is 2.88. The molecule has 1 aliphatic heterocycles. The van der Waals surface area contributed by atoms with E-state index in [1.807, 2.05) is 24.3 Å². The minimum Gasteiger partial charge on any atom is -0.397 e. The van der Waals surface area contributed by atoms with E-state index in [0.29, 0.717) is 17.8 Å². The third kappa shape index (κ3) is 1.70. The van der Waals surface area contributed by atoms with Crippen molar-refractivity contribution >= 4 is 29.0 Å². The largest absolute Gasteiger partial charge is 0.397 e. The number of nitrogens with zero attached hydrogens (tertiary/aromatic N) is 1. The number of fused-ring (bicyclic) bond motifs is 1. The highest BCUT2D eigenvalue weighted by Crippen LogP contribution is 2.57. The Morgan fingerprint density at radius 3 is 2.24 bits per heavy atom. The first kappa shape index (κ1) is 14.4. The summed E-state index contributed by atoms with van der Waals surface area (Å²) < 4.78 is 0. The van der Waals surface area contributed by atoms with Gasteiger partial charge < -0.3 is 5.73 Å². The van der Waals surface area contributed by atoms with Gasteiger partial charge >= 0.3 is 0 Å². The van der Waals surface area contributed by atoms with Crippen molar-refractivity contribution in [2.24, 2.45) is 11.8 Å². The second-order valence-electron chi connectivity index (χ2n) is 7.01. The molecule has 5 heteroatoms. The molecule has 1 saturated heterocycles. The van der Waals surface area contributed by atoms with Gasteiger partial charge in [-0.2, -0.15) is 0 Å². The number of nitrogens with two attached hydrogens (primary N) is 1. The van der Waals surface area contributed by atoms with E-state index >= 15 is 0 Å². The summed E-state index contributed by atoms with van der Waals surface area (Å²) in [4.78, 5) is 40.1. The van der Waals surface area contributed by atoms with Gasteiger partial charge in [-0.15, -0.1) is 0 Å². The topological polar surface area (TPSA) is 80.5 Å². The van der Waals surface area contributed by atoms with E-state index in [1.165, 1.54) is 4.90 Å². The molecule has 124 valence electrons. The molecule has 4 atom stereocenters. The highest BCUT2D eigenvalue weighted by Gasteiger charge is 2.62. The summed E-state index contributed by atoms with van der Waals surface area (Å²) in [6, 6.07) is 14.6. The molecule has 5 nitrogen and oxygen atoms in total. The van der Waals surface area contributed by atoms with E-state index in [2.05, 4.69) is 0 Å². The van der Waals surface area contributed by atoms with Crippen LogP contribution in [0.5, 0.6) is 0 Å². The highest BCUT2D eigenvalue weighted by atomic mass is 16.2. The van der Waals surface area contributed by atoms with Gasteiger partial charge in [0, 0.05) is 12.3 Å². The van der Waals surface area contributed by atoms with E-state index in [1.54, 1.807) is 24.3 Å². The number of carbonyl (C=O) groups excluding carboxylic acids is 3. The number of imide groups is 1. The number of anilines is 2. The van der Waals surface area contributed by atoms with Gasteiger partial charge in [0.1, 0.15) is 5.78 Å². The van der Waals surface area contributed by atoms with Gasteiger partial charge in [0.2, 0.25) is 11.8 Å². The van der Waals surface area contributed by atoms with Gasteiger partial charge in [-0.3, -0.25) is 14.4 Å². The Morgan fingerprint density at radius 1 is 0.840 bits per heavy atom. The van der Waals surface area contributed by atoms with Crippen LogP contribution in [0.15, 0.2) is 48.5 Å². The quantitative estimate of drug-likeness (QED) is 0.641. The van der Waals surface area contributed by atoms with Crippen molar-refractivity contribution in [1.82, 2.24) is 0 Å². The predicted octanol–water partition coefficient (Wildman–Crippen LogP) is 2.23. The Hall–Kier alpha value is -2.95. The van der Waals surface area contributed by atoms with E-state index in [-0.39, 0.29) is 23.5 Å². The lowest BCUT2D eigenvalue weighted by Crippen LogP contribution is -2.44. The minimum atomic E-state index is -0.603. The Kier molecular flexibility index (Phi) is 2.76. The second kappa shape index (κ2) is 4.79. The number of para-hydroxylation sites is 2. The van der Waals surface area contributed by atoms with Gasteiger partial charge in [0.05, 0.1) is 29.1 Å². The first-order valence-electron chi connectivity index (χ1n) is 8.43. The molecule has 2 amide bonds. The standard InChI is InChI=1S/C20H16N2O3/c21-13-7-3-4-8-14(13)22-19(24)17-12-9-15(23)16(18(17)20(22)25)11-6-2-1-5-10(11)12/h1-8,12,16-18H,9,21H2/t12-,16+,17+,18-/m0/s1. The number of hydrogen-bond donors (Lipinski definition) is 1. The summed E-state index contributed by atoms with van der Waals surface area (Å²) in [6.07, 6.45) is 0.333. The molecule has 3 aliphatic carbocycles. The molecule has 4 aliphatic rings. The Bertz CT molecular complexity index is 951. The number of rotatable bonds is 1. The van der Waals surface area contributed by atoms with Crippen LogP contribution in [0.25, 0.3) is 0 Å². The van der Waals surface area contributed by atoms with Gasteiger partial charge in [-0.05, 0) is 23.3 Å². The molecule has 25 heavy (non-hydrogen) atoms. The molecule has 2 aromatic carbocycles. The van der Waals surface area contributed by atoms with Crippen LogP contribution in [0.4, 0.5) is 11.4 Å². The van der Waals surface area contributed by atoms with Crippen molar-refractivity contribution in [3.05, 3.63) is 59.7 Å². The number of ketones is 1. The van der Waals surface area contributed by atoms with Crippen molar-refractivity contribution in [3.8, 4) is 0 Å². The number of carbonyl (C=O) groups is 3. The predicted molar refractivity (Wildman–Crippen MR) is 91.9 cm³/mol. The van der Waals surface area contributed by atoms with Crippen molar-refractivity contribution in [3.63, 3.8) is 0 Å². The molecule has 2 bridgehead atoms. The molecular formula is C20H16N2O3. The fourth-order valence-electron chi connectivity index (χ4n) is 4.89. The molecule has 2 fully saturated rings. The minimum absolute atomic E-state index is 0.0639. The molecule has 0 unspecified atom stereocenters. The first-order valence-corrected chi connectivity index (χ1v) is 8.43. The summed E-state index contributed by atoms with van der Waals surface area (Å²) in [5.74, 6) is -2.27. The molecule has 2 N–H and O–H groups in total. The summed E-state index contributed by atoms with van der Waals surface area (Å²) >= 11 is 0. The zero-order chi connectivity index (χ0) is 17.3. The smallest absolute Gasteiger partial charge is 0.238 e. The summed E-state index contributed by atoms with van der Waals surface area (Å²) in [5, 5.41) is 0. The summed E-state index contributed by atoms with van der Waals surface area (Å²) in [6.45, 7) is 0. The Morgan fingerprint density at radius 2 is 1.48 bits per heavy atom. The maximum atomic E-state index is 13.1. The van der Waals surface area contributed by atoms with E-state index in [4.69, 9.17) is 5.73 Å². The third-order valence-electron chi connectivity index (χ3n) is 5.87.